The lowest BCUT2D eigenvalue weighted by Gasteiger charge is -2.18. The summed E-state index contributed by atoms with van der Waals surface area (Å²) >= 11 is 0. The van der Waals surface area contributed by atoms with Crippen molar-refractivity contribution in [3.05, 3.63) is 72.9 Å². The van der Waals surface area contributed by atoms with E-state index in [1.807, 2.05) is 0 Å². The van der Waals surface area contributed by atoms with Crippen molar-refractivity contribution in [2.45, 2.75) is 252 Å². The van der Waals surface area contributed by atoms with Gasteiger partial charge in [-0.15, -0.1) is 0 Å². The Kier molecular flexibility index (Phi) is 47.9. The van der Waals surface area contributed by atoms with Gasteiger partial charge in [0.1, 0.15) is 13.2 Å². The summed E-state index contributed by atoms with van der Waals surface area (Å²) in [4.78, 5) is 38.0. The molecule has 356 valence electrons. The Labute approximate surface area is 382 Å². The van der Waals surface area contributed by atoms with Crippen molar-refractivity contribution in [1.82, 2.24) is 0 Å². The minimum Gasteiger partial charge on any atom is -0.462 e. The van der Waals surface area contributed by atoms with Crippen molar-refractivity contribution >= 4 is 17.9 Å². The number of unbranched alkanes of at least 4 members (excludes halogenated alkanes) is 25. The number of hydrogen-bond acceptors (Lipinski definition) is 6. The van der Waals surface area contributed by atoms with E-state index < -0.39 is 6.10 Å². The molecular formula is C56H96O6. The number of ether oxygens (including phenoxy) is 3. The molecule has 0 fully saturated rings. The Bertz CT molecular complexity index is 1180. The highest BCUT2D eigenvalue weighted by atomic mass is 16.6. The van der Waals surface area contributed by atoms with Gasteiger partial charge in [-0.1, -0.05) is 209 Å². The van der Waals surface area contributed by atoms with Crippen LogP contribution < -0.4 is 0 Å². The Balaban J connectivity index is 4.40. The number of carbonyl (C=O) groups is 3. The molecule has 0 radical (unpaired) electrons. The van der Waals surface area contributed by atoms with Gasteiger partial charge in [0.2, 0.25) is 0 Å². The van der Waals surface area contributed by atoms with Gasteiger partial charge in [-0.3, -0.25) is 14.4 Å². The van der Waals surface area contributed by atoms with Gasteiger partial charge in [-0.2, -0.15) is 0 Å². The molecule has 1 atom stereocenters. The van der Waals surface area contributed by atoms with Crippen molar-refractivity contribution in [1.29, 1.82) is 0 Å². The molecule has 0 aliphatic rings. The van der Waals surface area contributed by atoms with Crippen LogP contribution in [0.2, 0.25) is 0 Å². The van der Waals surface area contributed by atoms with E-state index in [4.69, 9.17) is 14.2 Å². The van der Waals surface area contributed by atoms with Crippen LogP contribution in [0.3, 0.4) is 0 Å². The summed E-state index contributed by atoms with van der Waals surface area (Å²) < 4.78 is 16.8. The first-order chi connectivity index (χ1) is 30.5. The lowest BCUT2D eigenvalue weighted by molar-refractivity contribution is -0.167. The molecule has 1 unspecified atom stereocenters. The third kappa shape index (κ3) is 47.9. The van der Waals surface area contributed by atoms with E-state index in [-0.39, 0.29) is 31.1 Å². The largest absolute Gasteiger partial charge is 0.462 e. The number of rotatable bonds is 46. The topological polar surface area (TPSA) is 78.9 Å². The highest BCUT2D eigenvalue weighted by molar-refractivity contribution is 5.71. The van der Waals surface area contributed by atoms with E-state index in [0.29, 0.717) is 19.3 Å². The normalized spacial score (nSPS) is 12.6. The first kappa shape index (κ1) is 58.9. The molecule has 62 heavy (non-hydrogen) atoms. The lowest BCUT2D eigenvalue weighted by Crippen LogP contribution is -2.30. The van der Waals surface area contributed by atoms with Gasteiger partial charge in [0, 0.05) is 19.3 Å². The van der Waals surface area contributed by atoms with E-state index in [1.54, 1.807) is 0 Å². The van der Waals surface area contributed by atoms with Crippen LogP contribution in [0.1, 0.15) is 245 Å². The molecule has 0 aromatic rings. The van der Waals surface area contributed by atoms with E-state index >= 15 is 0 Å². The molecule has 0 aliphatic carbocycles. The first-order valence-corrected chi connectivity index (χ1v) is 26.0. The van der Waals surface area contributed by atoms with Crippen LogP contribution >= 0.6 is 0 Å². The van der Waals surface area contributed by atoms with Crippen molar-refractivity contribution in [3.63, 3.8) is 0 Å². The number of carbonyl (C=O) groups excluding carboxylic acids is 3. The van der Waals surface area contributed by atoms with Crippen LogP contribution in [0.15, 0.2) is 72.9 Å². The molecule has 0 saturated heterocycles. The number of esters is 3. The zero-order valence-electron chi connectivity index (χ0n) is 40.6. The molecule has 0 saturated carbocycles. The second-order valence-electron chi connectivity index (χ2n) is 17.1. The average Bonchev–Trinajstić information content (AvgIpc) is 3.27. The third-order valence-corrected chi connectivity index (χ3v) is 11.0. The van der Waals surface area contributed by atoms with Crippen LogP contribution in [0.4, 0.5) is 0 Å². The fourth-order valence-electron chi connectivity index (χ4n) is 7.12. The van der Waals surface area contributed by atoms with Crippen LogP contribution in [0.25, 0.3) is 0 Å². The molecule has 0 N–H and O–H groups in total. The second kappa shape index (κ2) is 50.5. The standard InChI is InChI=1S/C56H96O6/c1-4-7-10-13-16-19-22-25-27-28-29-32-34-37-40-43-46-49-55(58)61-52-53(51-60-54(57)48-45-42-39-36-33-30-24-21-18-15-12-9-6-3)62-56(59)50-47-44-41-38-35-31-26-23-20-17-14-11-8-5-2/h8-9,11-12,15,17-18,20-21,24-25,27,53H,4-7,10,13-14,16,19,22-23,26,28-52H2,1-3H3/b11-8+,12-9+,18-15+,20-17+,24-21+,27-25+. The zero-order chi connectivity index (χ0) is 45.1. The Morgan fingerprint density at radius 2 is 0.710 bits per heavy atom. The highest BCUT2D eigenvalue weighted by Gasteiger charge is 2.19. The second-order valence-corrected chi connectivity index (χ2v) is 17.1. The van der Waals surface area contributed by atoms with Crippen molar-refractivity contribution in [2.24, 2.45) is 0 Å². The van der Waals surface area contributed by atoms with E-state index in [9.17, 15) is 14.4 Å². The third-order valence-electron chi connectivity index (χ3n) is 11.0. The maximum Gasteiger partial charge on any atom is 0.306 e. The van der Waals surface area contributed by atoms with Gasteiger partial charge in [-0.25, -0.2) is 0 Å². The maximum absolute atomic E-state index is 12.8. The average molecular weight is 865 g/mol. The molecule has 0 aromatic heterocycles. The molecule has 0 bridgehead atoms. The molecule has 0 rings (SSSR count). The van der Waals surface area contributed by atoms with Gasteiger partial charge in [0.05, 0.1) is 0 Å². The smallest absolute Gasteiger partial charge is 0.306 e. The van der Waals surface area contributed by atoms with Gasteiger partial charge >= 0.3 is 17.9 Å². The predicted octanol–water partition coefficient (Wildman–Crippen LogP) is 17.0. The summed E-state index contributed by atoms with van der Waals surface area (Å²) in [7, 11) is 0. The van der Waals surface area contributed by atoms with Crippen LogP contribution in [-0.2, 0) is 28.6 Å². The summed E-state index contributed by atoms with van der Waals surface area (Å²) in [6.07, 6.45) is 63.1. The minimum absolute atomic E-state index is 0.0877. The molecule has 0 heterocycles. The monoisotopic (exact) mass is 865 g/mol. The highest BCUT2D eigenvalue weighted by Crippen LogP contribution is 2.14. The summed E-state index contributed by atoms with van der Waals surface area (Å²) in [5.74, 6) is -0.920. The Morgan fingerprint density at radius 1 is 0.355 bits per heavy atom. The molecular weight excluding hydrogens is 769 g/mol. The summed E-state index contributed by atoms with van der Waals surface area (Å²) in [5.41, 5.74) is 0. The van der Waals surface area contributed by atoms with Crippen LogP contribution in [0, 0.1) is 0 Å². The molecule has 0 amide bonds. The number of allylic oxidation sites excluding steroid dienone is 12. The van der Waals surface area contributed by atoms with Crippen LogP contribution in [-0.4, -0.2) is 37.2 Å². The Hall–Kier alpha value is -3.15. The van der Waals surface area contributed by atoms with Crippen molar-refractivity contribution in [3.8, 4) is 0 Å². The van der Waals surface area contributed by atoms with Crippen molar-refractivity contribution in [2.75, 3.05) is 13.2 Å². The predicted molar refractivity (Wildman–Crippen MR) is 265 cm³/mol. The van der Waals surface area contributed by atoms with Gasteiger partial charge in [-0.05, 0) is 89.9 Å². The van der Waals surface area contributed by atoms with Crippen molar-refractivity contribution < 1.29 is 28.6 Å². The quantitative estimate of drug-likeness (QED) is 0.0199. The Morgan fingerprint density at radius 3 is 1.16 bits per heavy atom. The van der Waals surface area contributed by atoms with Gasteiger partial charge < -0.3 is 14.2 Å². The van der Waals surface area contributed by atoms with Gasteiger partial charge in [0.25, 0.3) is 0 Å². The van der Waals surface area contributed by atoms with E-state index in [2.05, 4.69) is 93.7 Å². The fourth-order valence-corrected chi connectivity index (χ4v) is 7.12. The fraction of sp³-hybridized carbons (Fsp3) is 0.732. The minimum atomic E-state index is -0.789. The van der Waals surface area contributed by atoms with Crippen LogP contribution in [0.5, 0.6) is 0 Å². The summed E-state index contributed by atoms with van der Waals surface area (Å²) in [6, 6.07) is 0. The maximum atomic E-state index is 12.8. The number of hydrogen-bond donors (Lipinski definition) is 0. The van der Waals surface area contributed by atoms with Gasteiger partial charge in [0.15, 0.2) is 6.10 Å². The molecule has 6 nitrogen and oxygen atoms in total. The first-order valence-electron chi connectivity index (χ1n) is 26.0. The summed E-state index contributed by atoms with van der Waals surface area (Å²) in [6.45, 7) is 6.37. The molecule has 6 heteroatoms. The van der Waals surface area contributed by atoms with E-state index in [1.165, 1.54) is 103 Å². The molecule has 0 aromatic carbocycles. The SMILES string of the molecule is CC/C=C/C=C/C=C/CCCCCCCC(=O)OCC(COC(=O)CCCCCCCCC/C=C/CCCCCCCC)OC(=O)CCCCCCCCC/C=C/C/C=C/CC. The zero-order valence-corrected chi connectivity index (χ0v) is 40.6. The molecule has 0 spiro atoms. The van der Waals surface area contributed by atoms with E-state index in [0.717, 1.165) is 103 Å². The molecule has 0 aliphatic heterocycles. The summed E-state index contributed by atoms with van der Waals surface area (Å²) in [5, 5.41) is 0. The lowest BCUT2D eigenvalue weighted by atomic mass is 10.1.